The maximum atomic E-state index is 12.8. The number of aromatic nitrogens is 1. The molecule has 28 heavy (non-hydrogen) atoms. The lowest BCUT2D eigenvalue weighted by Gasteiger charge is -2.37. The lowest BCUT2D eigenvalue weighted by molar-refractivity contribution is -0.125. The van der Waals surface area contributed by atoms with Gasteiger partial charge in [-0.3, -0.25) is 4.79 Å². The minimum absolute atomic E-state index is 0.0155. The Morgan fingerprint density at radius 1 is 1.25 bits per heavy atom. The van der Waals surface area contributed by atoms with Crippen LogP contribution in [0, 0.1) is 11.7 Å². The predicted octanol–water partition coefficient (Wildman–Crippen LogP) is 3.08. The van der Waals surface area contributed by atoms with Crippen LogP contribution in [0.2, 0.25) is 0 Å². The van der Waals surface area contributed by atoms with Crippen LogP contribution in [0.5, 0.6) is 11.5 Å². The van der Waals surface area contributed by atoms with Crippen molar-refractivity contribution in [3.8, 4) is 11.5 Å². The highest BCUT2D eigenvalue weighted by atomic mass is 32.1. The summed E-state index contributed by atoms with van der Waals surface area (Å²) in [6.45, 7) is 2.06. The summed E-state index contributed by atoms with van der Waals surface area (Å²) in [5.74, 6) is 1.06. The van der Waals surface area contributed by atoms with Gasteiger partial charge in [-0.05, 0) is 42.5 Å². The number of nitrogens with zero attached hydrogens (tertiary/aromatic N) is 2. The topological polar surface area (TPSA) is 63.7 Å². The van der Waals surface area contributed by atoms with Gasteiger partial charge in [0.15, 0.2) is 5.13 Å². The maximum absolute atomic E-state index is 12.8. The van der Waals surface area contributed by atoms with Crippen molar-refractivity contribution in [3.05, 3.63) is 48.3 Å². The summed E-state index contributed by atoms with van der Waals surface area (Å²) < 4.78 is 24.6. The molecule has 1 aromatic heterocycles. The van der Waals surface area contributed by atoms with E-state index in [0.717, 1.165) is 21.1 Å². The Balaban J connectivity index is 1.22. The Labute approximate surface area is 165 Å². The average molecular weight is 401 g/mol. The molecule has 0 unspecified atom stereocenters. The Bertz CT molecular complexity index is 970. The van der Waals surface area contributed by atoms with Crippen LogP contribution in [0.1, 0.15) is 0 Å². The van der Waals surface area contributed by atoms with Crippen LogP contribution in [-0.2, 0) is 4.79 Å². The first-order chi connectivity index (χ1) is 13.6. The summed E-state index contributed by atoms with van der Waals surface area (Å²) in [6.07, 6.45) is 0. The monoisotopic (exact) mass is 401 g/mol. The first-order valence-electron chi connectivity index (χ1n) is 8.98. The zero-order valence-corrected chi connectivity index (χ0v) is 16.2. The second-order valence-corrected chi connectivity index (χ2v) is 7.53. The second-order valence-electron chi connectivity index (χ2n) is 6.53. The molecule has 1 saturated heterocycles. The minimum Gasteiger partial charge on any atom is -0.497 e. The number of carbonyl (C=O) groups excluding carboxylic acids is 1. The molecule has 146 valence electrons. The molecule has 8 heteroatoms. The summed E-state index contributed by atoms with van der Waals surface area (Å²) in [5.41, 5.74) is 0.937. The Hall–Kier alpha value is -2.87. The molecule has 1 aliphatic heterocycles. The fourth-order valence-electron chi connectivity index (χ4n) is 2.97. The van der Waals surface area contributed by atoms with E-state index in [0.29, 0.717) is 32.0 Å². The van der Waals surface area contributed by atoms with E-state index in [2.05, 4.69) is 15.2 Å². The van der Waals surface area contributed by atoms with Crippen molar-refractivity contribution in [1.82, 2.24) is 10.3 Å². The van der Waals surface area contributed by atoms with E-state index in [9.17, 15) is 9.18 Å². The number of ether oxygens (including phenoxy) is 2. The van der Waals surface area contributed by atoms with Crippen LogP contribution in [0.3, 0.4) is 0 Å². The highest BCUT2D eigenvalue weighted by Gasteiger charge is 2.34. The molecule has 2 aromatic carbocycles. The summed E-state index contributed by atoms with van der Waals surface area (Å²) in [6, 6.07) is 11.6. The first-order valence-corrected chi connectivity index (χ1v) is 9.79. The zero-order chi connectivity index (χ0) is 19.5. The fourth-order valence-corrected chi connectivity index (χ4v) is 3.99. The molecule has 1 aliphatic rings. The molecule has 0 atom stereocenters. The second kappa shape index (κ2) is 8.02. The van der Waals surface area contributed by atoms with Gasteiger partial charge in [0.2, 0.25) is 5.91 Å². The highest BCUT2D eigenvalue weighted by Crippen LogP contribution is 2.34. The molecule has 6 nitrogen and oxygen atoms in total. The number of hydrogen-bond acceptors (Lipinski definition) is 6. The number of amides is 1. The third-order valence-corrected chi connectivity index (χ3v) is 5.67. The van der Waals surface area contributed by atoms with Crippen molar-refractivity contribution in [2.24, 2.45) is 5.92 Å². The van der Waals surface area contributed by atoms with Gasteiger partial charge < -0.3 is 19.7 Å². The van der Waals surface area contributed by atoms with Crippen LogP contribution in [0.25, 0.3) is 10.2 Å². The smallest absolute Gasteiger partial charge is 0.226 e. The lowest BCUT2D eigenvalue weighted by atomic mass is 10.0. The molecule has 4 rings (SSSR count). The highest BCUT2D eigenvalue weighted by molar-refractivity contribution is 7.22. The van der Waals surface area contributed by atoms with Crippen molar-refractivity contribution >= 4 is 32.6 Å². The molecule has 0 aliphatic carbocycles. The van der Waals surface area contributed by atoms with Gasteiger partial charge >= 0.3 is 0 Å². The summed E-state index contributed by atoms with van der Waals surface area (Å²) >= 11 is 1.60. The molecule has 1 fully saturated rings. The van der Waals surface area contributed by atoms with Crippen LogP contribution in [0.4, 0.5) is 9.52 Å². The number of methoxy groups -OCH3 is 1. The van der Waals surface area contributed by atoms with Gasteiger partial charge in [-0.15, -0.1) is 0 Å². The molecule has 0 radical (unpaired) electrons. The van der Waals surface area contributed by atoms with E-state index >= 15 is 0 Å². The molecule has 1 N–H and O–H groups in total. The van der Waals surface area contributed by atoms with Gasteiger partial charge in [-0.2, -0.15) is 0 Å². The average Bonchev–Trinajstić information content (AvgIpc) is 3.08. The summed E-state index contributed by atoms with van der Waals surface area (Å²) in [5, 5.41) is 3.80. The molecule has 0 spiro atoms. The van der Waals surface area contributed by atoms with E-state index in [1.54, 1.807) is 30.6 Å². The number of carbonyl (C=O) groups is 1. The van der Waals surface area contributed by atoms with E-state index in [1.807, 2.05) is 18.2 Å². The van der Waals surface area contributed by atoms with Crippen LogP contribution < -0.4 is 19.7 Å². The first kappa shape index (κ1) is 18.5. The van der Waals surface area contributed by atoms with E-state index < -0.39 is 0 Å². The minimum atomic E-state index is -0.303. The zero-order valence-electron chi connectivity index (χ0n) is 15.4. The van der Waals surface area contributed by atoms with Crippen molar-refractivity contribution in [2.45, 2.75) is 0 Å². The van der Waals surface area contributed by atoms with Crippen LogP contribution in [0.15, 0.2) is 42.5 Å². The van der Waals surface area contributed by atoms with Gasteiger partial charge in [-0.25, -0.2) is 9.37 Å². The van der Waals surface area contributed by atoms with Crippen LogP contribution in [-0.4, -0.2) is 44.2 Å². The number of halogens is 1. The van der Waals surface area contributed by atoms with Gasteiger partial charge in [0.1, 0.15) is 23.9 Å². The number of nitrogens with one attached hydrogen (secondary N) is 1. The number of hydrogen-bond donors (Lipinski definition) is 1. The number of fused-ring (bicyclic) bond motifs is 1. The molecular formula is C20H20FN3O3S. The molecule has 3 aromatic rings. The number of thiazole rings is 1. The molecule has 1 amide bonds. The quantitative estimate of drug-likeness (QED) is 0.617. The van der Waals surface area contributed by atoms with Crippen molar-refractivity contribution < 1.29 is 18.7 Å². The number of rotatable bonds is 7. The normalized spacial score (nSPS) is 14.0. The summed E-state index contributed by atoms with van der Waals surface area (Å²) in [7, 11) is 1.65. The fraction of sp³-hybridized carbons (Fsp3) is 0.300. The van der Waals surface area contributed by atoms with E-state index in [1.165, 1.54) is 12.1 Å². The van der Waals surface area contributed by atoms with Gasteiger partial charge in [0.25, 0.3) is 0 Å². The largest absolute Gasteiger partial charge is 0.497 e. The summed E-state index contributed by atoms with van der Waals surface area (Å²) in [4.78, 5) is 19.0. The molecule has 0 saturated carbocycles. The standard InChI is InChI=1S/C20H20FN3O3S/c1-26-16-6-7-17-18(10-16)28-20(23-17)24-11-13(12-24)19(25)22-8-9-27-15-4-2-14(21)3-5-15/h2-7,10,13H,8-9,11-12H2,1H3,(H,22,25). The van der Waals surface area contributed by atoms with E-state index in [4.69, 9.17) is 9.47 Å². The Kier molecular flexibility index (Phi) is 5.29. The van der Waals surface area contributed by atoms with Crippen molar-refractivity contribution in [2.75, 3.05) is 38.3 Å². The third kappa shape index (κ3) is 4.01. The van der Waals surface area contributed by atoms with Gasteiger partial charge in [0, 0.05) is 13.1 Å². The Morgan fingerprint density at radius 3 is 2.75 bits per heavy atom. The van der Waals surface area contributed by atoms with E-state index in [-0.39, 0.29) is 17.6 Å². The maximum Gasteiger partial charge on any atom is 0.226 e. The lowest BCUT2D eigenvalue weighted by Crippen LogP contribution is -2.54. The van der Waals surface area contributed by atoms with Gasteiger partial charge in [0.05, 0.1) is 29.8 Å². The number of benzene rings is 2. The van der Waals surface area contributed by atoms with Crippen molar-refractivity contribution in [3.63, 3.8) is 0 Å². The van der Waals surface area contributed by atoms with Gasteiger partial charge in [-0.1, -0.05) is 11.3 Å². The number of anilines is 1. The third-order valence-electron chi connectivity index (χ3n) is 4.59. The molecule has 2 heterocycles. The molecule has 0 bridgehead atoms. The SMILES string of the molecule is COc1ccc2nc(N3CC(C(=O)NCCOc4ccc(F)cc4)C3)sc2c1. The van der Waals surface area contributed by atoms with Crippen LogP contribution >= 0.6 is 11.3 Å². The molecular weight excluding hydrogens is 381 g/mol. The van der Waals surface area contributed by atoms with Crippen molar-refractivity contribution in [1.29, 1.82) is 0 Å². The predicted molar refractivity (Wildman–Crippen MR) is 107 cm³/mol. The Morgan fingerprint density at radius 2 is 2.00 bits per heavy atom.